The van der Waals surface area contributed by atoms with E-state index < -0.39 is 35.0 Å². The van der Waals surface area contributed by atoms with Crippen LogP contribution >= 0.6 is 0 Å². The van der Waals surface area contributed by atoms with Crippen LogP contribution in [0.4, 0.5) is 0 Å². The van der Waals surface area contributed by atoms with E-state index in [0.717, 1.165) is 43.2 Å². The number of likely N-dealkylation sites (tertiary alicyclic amines) is 1. The molecule has 0 spiro atoms. The topological polar surface area (TPSA) is 110 Å². The average Bonchev–Trinajstić information content (AvgIpc) is 3.44. The lowest BCUT2D eigenvalue weighted by Gasteiger charge is -2.54. The summed E-state index contributed by atoms with van der Waals surface area (Å²) in [6.07, 6.45) is 12.9. The number of phenols is 1. The molecule has 3 aromatic carbocycles. The molecule has 0 aromatic heterocycles. The van der Waals surface area contributed by atoms with Crippen molar-refractivity contribution in [3.8, 4) is 17.2 Å². The Morgan fingerprint density at radius 1 is 0.827 bits per heavy atom. The van der Waals surface area contributed by atoms with Crippen molar-refractivity contribution in [2.24, 2.45) is 29.6 Å². The predicted octanol–water partition coefficient (Wildman–Crippen LogP) is 7.11. The van der Waals surface area contributed by atoms with Crippen LogP contribution in [0.3, 0.4) is 0 Å². The Hall–Kier alpha value is -5.24. The van der Waals surface area contributed by atoms with Gasteiger partial charge in [0.2, 0.25) is 17.6 Å². The average molecular weight is 698 g/mol. The first-order valence-corrected chi connectivity index (χ1v) is 18.4. The first kappa shape index (κ1) is 33.9. The normalized spacial score (nSPS) is 29.0. The fraction of sp³-hybridized carbons (Fsp3) is 0.364. The van der Waals surface area contributed by atoms with Crippen LogP contribution in [0.25, 0.3) is 11.6 Å². The number of phenolic OH excluding ortho intramolecular Hbond substituents is 1. The molecule has 1 saturated heterocycles. The molecule has 2 saturated carbocycles. The van der Waals surface area contributed by atoms with Crippen molar-refractivity contribution < 1.29 is 33.8 Å². The van der Waals surface area contributed by atoms with E-state index >= 15 is 9.59 Å². The van der Waals surface area contributed by atoms with Crippen LogP contribution in [-0.2, 0) is 24.6 Å². The van der Waals surface area contributed by atoms with Crippen molar-refractivity contribution in [3.63, 3.8) is 0 Å². The van der Waals surface area contributed by atoms with E-state index in [4.69, 9.17) is 9.47 Å². The van der Waals surface area contributed by atoms with Gasteiger partial charge in [0.15, 0.2) is 23.1 Å². The van der Waals surface area contributed by atoms with Gasteiger partial charge in [0.25, 0.3) is 0 Å². The second-order valence-corrected chi connectivity index (χ2v) is 14.8. The van der Waals surface area contributed by atoms with Crippen molar-refractivity contribution >= 4 is 35.0 Å². The number of benzene rings is 3. The number of methoxy groups -OCH3 is 2. The fourth-order valence-electron chi connectivity index (χ4n) is 10.1. The summed E-state index contributed by atoms with van der Waals surface area (Å²) in [5.74, 6) is -3.10. The lowest BCUT2D eigenvalue weighted by atomic mass is 9.45. The molecule has 1 N–H and O–H groups in total. The van der Waals surface area contributed by atoms with Gasteiger partial charge in [-0.3, -0.25) is 24.1 Å². The quantitative estimate of drug-likeness (QED) is 0.207. The number of Topliss-reactive ketones (excluding diaryl/α,β-unsaturated/α-hetero) is 1. The highest BCUT2D eigenvalue weighted by Gasteiger charge is 2.65. The molecule has 4 aliphatic carbocycles. The number of aromatic hydroxyl groups is 1. The third kappa shape index (κ3) is 5.17. The van der Waals surface area contributed by atoms with Crippen LogP contribution in [0.5, 0.6) is 17.2 Å². The third-order valence-electron chi connectivity index (χ3n) is 12.4. The molecule has 0 radical (unpaired) electrons. The molecule has 8 heteroatoms. The molecule has 1 heterocycles. The number of fused-ring (bicyclic) bond motifs is 4. The molecule has 2 amide bonds. The summed E-state index contributed by atoms with van der Waals surface area (Å²) >= 11 is 0. The van der Waals surface area contributed by atoms with Crippen LogP contribution in [0.1, 0.15) is 61.6 Å². The van der Waals surface area contributed by atoms with Gasteiger partial charge in [-0.25, -0.2) is 0 Å². The van der Waals surface area contributed by atoms with E-state index in [0.29, 0.717) is 23.1 Å². The maximum absolute atomic E-state index is 15.1. The van der Waals surface area contributed by atoms with Gasteiger partial charge in [-0.05, 0) is 66.5 Å². The van der Waals surface area contributed by atoms with Crippen LogP contribution < -0.4 is 9.47 Å². The Balaban J connectivity index is 1.32. The Morgan fingerprint density at radius 3 is 2.13 bits per heavy atom. The predicted molar refractivity (Wildman–Crippen MR) is 196 cm³/mol. The number of hydrogen-bond acceptors (Lipinski definition) is 7. The number of allylic oxidation sites excluding steroid dienone is 5. The number of ketones is 2. The van der Waals surface area contributed by atoms with Gasteiger partial charge in [-0.1, -0.05) is 104 Å². The van der Waals surface area contributed by atoms with Crippen molar-refractivity contribution in [2.75, 3.05) is 14.2 Å². The molecule has 8 rings (SSSR count). The van der Waals surface area contributed by atoms with Crippen LogP contribution in [0.15, 0.2) is 96.6 Å². The molecule has 0 unspecified atom stereocenters. The highest BCUT2D eigenvalue weighted by molar-refractivity contribution is 6.31. The second kappa shape index (κ2) is 13.4. The van der Waals surface area contributed by atoms with Gasteiger partial charge in [0, 0.05) is 23.5 Å². The maximum Gasteiger partial charge on any atom is 0.233 e. The summed E-state index contributed by atoms with van der Waals surface area (Å²) in [7, 11) is 2.93. The Morgan fingerprint density at radius 2 is 1.48 bits per heavy atom. The number of ether oxygens (including phenoxy) is 2. The monoisotopic (exact) mass is 697 g/mol. The van der Waals surface area contributed by atoms with Gasteiger partial charge in [0.05, 0.1) is 31.5 Å². The number of carbonyl (C=O) groups excluding carboxylic acids is 4. The van der Waals surface area contributed by atoms with E-state index in [2.05, 4.69) is 6.08 Å². The molecule has 6 atom stereocenters. The second-order valence-electron chi connectivity index (χ2n) is 14.8. The summed E-state index contributed by atoms with van der Waals surface area (Å²) in [4.78, 5) is 60.4. The summed E-state index contributed by atoms with van der Waals surface area (Å²) in [6.45, 7) is 0. The molecule has 266 valence electrons. The standard InChI is InChI=1S/C44H43NO7/c1-51-36-22-26(23-37(52-2)41(36)48)18-21-34-30-19-20-31-39(43(50)45(42(31)49)29-16-10-5-11-17-29)33(30)24-35-40(47)32(27-12-6-3-7-13-27)25-38(46)44(34,35)28-14-8-4-9-15-28/h3-4,6-9,12-15,18-19,21-23,25,29,31,33-35,39,48H,5,10-11,16-17,20,24H2,1-2H3/t31-,33+,34-,35-,39-,44-/m0/s1. The highest BCUT2D eigenvalue weighted by atomic mass is 16.5. The Labute approximate surface area is 303 Å². The zero-order valence-corrected chi connectivity index (χ0v) is 29.5. The number of carbonyl (C=O) groups is 4. The van der Waals surface area contributed by atoms with Crippen molar-refractivity contribution in [3.05, 3.63) is 113 Å². The smallest absolute Gasteiger partial charge is 0.233 e. The van der Waals surface area contributed by atoms with Gasteiger partial charge in [-0.15, -0.1) is 0 Å². The molecule has 3 fully saturated rings. The zero-order chi connectivity index (χ0) is 36.1. The zero-order valence-electron chi connectivity index (χ0n) is 29.5. The summed E-state index contributed by atoms with van der Waals surface area (Å²) in [6, 6.07) is 22.1. The number of hydrogen-bond donors (Lipinski definition) is 1. The van der Waals surface area contributed by atoms with Crippen molar-refractivity contribution in [2.45, 2.75) is 56.4 Å². The number of nitrogens with zero attached hydrogens (tertiary/aromatic N) is 1. The van der Waals surface area contributed by atoms with E-state index in [1.807, 2.05) is 72.8 Å². The molecule has 8 nitrogen and oxygen atoms in total. The first-order chi connectivity index (χ1) is 25.3. The molecular weight excluding hydrogens is 654 g/mol. The summed E-state index contributed by atoms with van der Waals surface area (Å²) in [5.41, 5.74) is 2.05. The van der Waals surface area contributed by atoms with E-state index in [-0.39, 0.29) is 53.1 Å². The number of amides is 2. The van der Waals surface area contributed by atoms with Crippen LogP contribution in [0, 0.1) is 29.6 Å². The molecule has 3 aromatic rings. The highest BCUT2D eigenvalue weighted by Crippen LogP contribution is 2.61. The molecule has 0 bridgehead atoms. The molecule has 5 aliphatic rings. The van der Waals surface area contributed by atoms with Crippen molar-refractivity contribution in [1.29, 1.82) is 0 Å². The van der Waals surface area contributed by atoms with E-state index in [9.17, 15) is 14.7 Å². The summed E-state index contributed by atoms with van der Waals surface area (Å²) in [5, 5.41) is 10.6. The number of imide groups is 1. The maximum atomic E-state index is 15.1. The molecule has 1 aliphatic heterocycles. The Bertz CT molecular complexity index is 2000. The first-order valence-electron chi connectivity index (χ1n) is 18.4. The fourth-order valence-corrected chi connectivity index (χ4v) is 10.1. The van der Waals surface area contributed by atoms with Crippen LogP contribution in [-0.4, -0.2) is 53.6 Å². The summed E-state index contributed by atoms with van der Waals surface area (Å²) < 4.78 is 10.9. The lowest BCUT2D eigenvalue weighted by molar-refractivity contribution is -0.144. The van der Waals surface area contributed by atoms with Gasteiger partial charge in [-0.2, -0.15) is 0 Å². The lowest BCUT2D eigenvalue weighted by Crippen LogP contribution is -2.59. The van der Waals surface area contributed by atoms with Gasteiger partial charge in [0.1, 0.15) is 0 Å². The van der Waals surface area contributed by atoms with Crippen LogP contribution in [0.2, 0.25) is 0 Å². The largest absolute Gasteiger partial charge is 0.502 e. The minimum absolute atomic E-state index is 0.0875. The number of rotatable bonds is 7. The van der Waals surface area contributed by atoms with Gasteiger partial charge >= 0.3 is 0 Å². The van der Waals surface area contributed by atoms with E-state index in [1.165, 1.54) is 20.3 Å². The molecule has 52 heavy (non-hydrogen) atoms. The Kier molecular flexibility index (Phi) is 8.72. The van der Waals surface area contributed by atoms with Gasteiger partial charge < -0.3 is 14.6 Å². The third-order valence-corrected chi connectivity index (χ3v) is 12.4. The van der Waals surface area contributed by atoms with E-state index in [1.54, 1.807) is 17.0 Å². The minimum Gasteiger partial charge on any atom is -0.502 e. The molecular formula is C44H43NO7. The minimum atomic E-state index is -1.30. The SMILES string of the molecule is COc1cc(C=C[C@H]2C3=CC[C@@H]4C(=O)N(C5CCCCC5)C(=O)[C@@H]4[C@@H]3C[C@H]3C(=O)C(c4ccccc4)=CC(=O)[C@@]23c2ccccc2)cc(OC)c1O. The van der Waals surface area contributed by atoms with Crippen molar-refractivity contribution in [1.82, 2.24) is 4.90 Å².